The SMILES string of the molecule is CCc1nn(C)c(N(C)C)c1N. The summed E-state index contributed by atoms with van der Waals surface area (Å²) in [6.07, 6.45) is 0.882. The maximum Gasteiger partial charge on any atom is 0.149 e. The molecule has 12 heavy (non-hydrogen) atoms. The second-order valence-electron chi connectivity index (χ2n) is 3.06. The Morgan fingerprint density at radius 2 is 2.08 bits per heavy atom. The van der Waals surface area contributed by atoms with Crippen LogP contribution in [-0.4, -0.2) is 23.9 Å². The van der Waals surface area contributed by atoms with Gasteiger partial charge in [0.05, 0.1) is 11.4 Å². The number of aryl methyl sites for hydroxylation is 2. The summed E-state index contributed by atoms with van der Waals surface area (Å²) in [5.74, 6) is 0.979. The Labute approximate surface area is 73.0 Å². The highest BCUT2D eigenvalue weighted by Crippen LogP contribution is 2.24. The van der Waals surface area contributed by atoms with E-state index in [9.17, 15) is 0 Å². The van der Waals surface area contributed by atoms with Gasteiger partial charge in [-0.2, -0.15) is 5.10 Å². The van der Waals surface area contributed by atoms with Crippen LogP contribution in [-0.2, 0) is 13.5 Å². The molecule has 2 N–H and O–H groups in total. The predicted octanol–water partition coefficient (Wildman–Crippen LogP) is 0.631. The van der Waals surface area contributed by atoms with Crippen molar-refractivity contribution >= 4 is 11.5 Å². The molecule has 0 aliphatic heterocycles. The first-order chi connectivity index (χ1) is 5.57. The van der Waals surface area contributed by atoms with Crippen LogP contribution < -0.4 is 10.6 Å². The maximum atomic E-state index is 5.89. The number of hydrogen-bond donors (Lipinski definition) is 1. The lowest BCUT2D eigenvalue weighted by Crippen LogP contribution is -2.14. The van der Waals surface area contributed by atoms with Crippen LogP contribution in [0, 0.1) is 0 Å². The minimum absolute atomic E-state index is 0.796. The molecule has 1 aromatic heterocycles. The standard InChI is InChI=1S/C8H16N4/c1-5-6-7(9)8(11(2)3)12(4)10-6/h5,9H2,1-4H3. The Balaban J connectivity index is 3.19. The normalized spacial score (nSPS) is 10.3. The molecule has 0 aliphatic rings. The fourth-order valence-corrected chi connectivity index (χ4v) is 1.38. The number of anilines is 2. The van der Waals surface area contributed by atoms with E-state index in [1.807, 2.05) is 30.7 Å². The van der Waals surface area contributed by atoms with Crippen LogP contribution in [0.2, 0.25) is 0 Å². The Kier molecular flexibility index (Phi) is 2.26. The zero-order valence-electron chi connectivity index (χ0n) is 8.13. The fourth-order valence-electron chi connectivity index (χ4n) is 1.38. The second-order valence-corrected chi connectivity index (χ2v) is 3.06. The monoisotopic (exact) mass is 168 g/mol. The predicted molar refractivity (Wildman–Crippen MR) is 51.3 cm³/mol. The van der Waals surface area contributed by atoms with Gasteiger partial charge in [-0.05, 0) is 6.42 Å². The first-order valence-electron chi connectivity index (χ1n) is 4.06. The van der Waals surface area contributed by atoms with Crippen LogP contribution in [0.3, 0.4) is 0 Å². The number of nitrogens with two attached hydrogens (primary N) is 1. The molecule has 4 heteroatoms. The number of hydrogen-bond acceptors (Lipinski definition) is 3. The van der Waals surface area contributed by atoms with E-state index < -0.39 is 0 Å². The van der Waals surface area contributed by atoms with Gasteiger partial charge in [-0.1, -0.05) is 6.92 Å². The minimum Gasteiger partial charge on any atom is -0.394 e. The Morgan fingerprint density at radius 1 is 1.50 bits per heavy atom. The molecular weight excluding hydrogens is 152 g/mol. The van der Waals surface area contributed by atoms with E-state index in [1.165, 1.54) is 0 Å². The van der Waals surface area contributed by atoms with E-state index in [0.29, 0.717) is 0 Å². The molecule has 0 aromatic carbocycles. The quantitative estimate of drug-likeness (QED) is 0.704. The lowest BCUT2D eigenvalue weighted by molar-refractivity contribution is 0.736. The van der Waals surface area contributed by atoms with Crippen LogP contribution in [0.1, 0.15) is 12.6 Å². The first-order valence-corrected chi connectivity index (χ1v) is 4.06. The summed E-state index contributed by atoms with van der Waals surface area (Å²) in [5.41, 5.74) is 7.66. The van der Waals surface area contributed by atoms with Crippen molar-refractivity contribution < 1.29 is 0 Å². The third-order valence-electron chi connectivity index (χ3n) is 1.89. The number of rotatable bonds is 2. The van der Waals surface area contributed by atoms with Crippen LogP contribution in [0.15, 0.2) is 0 Å². The average Bonchev–Trinajstić information content (AvgIpc) is 2.25. The Hall–Kier alpha value is -1.19. The largest absolute Gasteiger partial charge is 0.394 e. The third kappa shape index (κ3) is 1.24. The van der Waals surface area contributed by atoms with Crippen LogP contribution in [0.25, 0.3) is 0 Å². The molecule has 1 rings (SSSR count). The second kappa shape index (κ2) is 3.05. The van der Waals surface area contributed by atoms with Gasteiger partial charge in [-0.25, -0.2) is 0 Å². The van der Waals surface area contributed by atoms with Gasteiger partial charge < -0.3 is 10.6 Å². The summed E-state index contributed by atoms with van der Waals surface area (Å²) in [7, 11) is 5.84. The highest BCUT2D eigenvalue weighted by Gasteiger charge is 2.12. The molecule has 0 spiro atoms. The molecule has 0 atom stereocenters. The van der Waals surface area contributed by atoms with Gasteiger partial charge in [-0.15, -0.1) is 0 Å². The highest BCUT2D eigenvalue weighted by atomic mass is 15.4. The molecule has 1 heterocycles. The van der Waals surface area contributed by atoms with E-state index in [-0.39, 0.29) is 0 Å². The number of nitrogens with zero attached hydrogens (tertiary/aromatic N) is 3. The lowest BCUT2D eigenvalue weighted by Gasteiger charge is -2.12. The molecule has 68 valence electrons. The lowest BCUT2D eigenvalue weighted by atomic mass is 10.3. The van der Waals surface area contributed by atoms with Gasteiger partial charge >= 0.3 is 0 Å². The van der Waals surface area contributed by atoms with Gasteiger partial charge in [0.1, 0.15) is 5.82 Å². The first kappa shape index (κ1) is 8.90. The van der Waals surface area contributed by atoms with Crippen LogP contribution >= 0.6 is 0 Å². The van der Waals surface area contributed by atoms with Crippen molar-refractivity contribution in [2.24, 2.45) is 7.05 Å². The summed E-state index contributed by atoms with van der Waals surface area (Å²) in [4.78, 5) is 1.97. The molecule has 0 aliphatic carbocycles. The van der Waals surface area contributed by atoms with E-state index in [4.69, 9.17) is 5.73 Å². The van der Waals surface area contributed by atoms with Crippen molar-refractivity contribution in [2.75, 3.05) is 24.7 Å². The summed E-state index contributed by atoms with van der Waals surface area (Å²) < 4.78 is 1.81. The zero-order chi connectivity index (χ0) is 9.30. The molecular formula is C8H16N4. The molecule has 0 saturated heterocycles. The van der Waals surface area contributed by atoms with Gasteiger partial charge in [-0.3, -0.25) is 4.68 Å². The topological polar surface area (TPSA) is 47.1 Å². The summed E-state index contributed by atoms with van der Waals surface area (Å²) in [6, 6.07) is 0. The van der Waals surface area contributed by atoms with Crippen molar-refractivity contribution in [1.29, 1.82) is 0 Å². The number of aromatic nitrogens is 2. The zero-order valence-corrected chi connectivity index (χ0v) is 8.13. The van der Waals surface area contributed by atoms with Crippen molar-refractivity contribution in [3.8, 4) is 0 Å². The summed E-state index contributed by atoms with van der Waals surface area (Å²) >= 11 is 0. The van der Waals surface area contributed by atoms with Crippen LogP contribution in [0.5, 0.6) is 0 Å². The summed E-state index contributed by atoms with van der Waals surface area (Å²) in [6.45, 7) is 2.05. The maximum absolute atomic E-state index is 5.89. The molecule has 1 aromatic rings. The van der Waals surface area contributed by atoms with E-state index in [0.717, 1.165) is 23.6 Å². The van der Waals surface area contributed by atoms with E-state index in [1.54, 1.807) is 0 Å². The van der Waals surface area contributed by atoms with Gasteiger partial charge in [0, 0.05) is 21.1 Å². The third-order valence-corrected chi connectivity index (χ3v) is 1.89. The Bertz CT molecular complexity index is 275. The average molecular weight is 168 g/mol. The van der Waals surface area contributed by atoms with Crippen molar-refractivity contribution in [3.05, 3.63) is 5.69 Å². The molecule has 0 amide bonds. The van der Waals surface area contributed by atoms with Gasteiger partial charge in [0.2, 0.25) is 0 Å². The molecule has 0 fully saturated rings. The summed E-state index contributed by atoms with van der Waals surface area (Å²) in [5, 5.41) is 4.30. The molecule has 0 radical (unpaired) electrons. The molecule has 4 nitrogen and oxygen atoms in total. The highest BCUT2D eigenvalue weighted by molar-refractivity contribution is 5.65. The smallest absolute Gasteiger partial charge is 0.149 e. The van der Waals surface area contributed by atoms with E-state index >= 15 is 0 Å². The van der Waals surface area contributed by atoms with Crippen molar-refractivity contribution in [1.82, 2.24) is 9.78 Å². The van der Waals surface area contributed by atoms with E-state index in [2.05, 4.69) is 12.0 Å². The van der Waals surface area contributed by atoms with Crippen molar-refractivity contribution in [2.45, 2.75) is 13.3 Å². The molecule has 0 bridgehead atoms. The van der Waals surface area contributed by atoms with Crippen LogP contribution in [0.4, 0.5) is 11.5 Å². The number of nitrogen functional groups attached to an aromatic ring is 1. The van der Waals surface area contributed by atoms with Gasteiger partial charge in [0.15, 0.2) is 0 Å². The molecule has 0 saturated carbocycles. The van der Waals surface area contributed by atoms with Gasteiger partial charge in [0.25, 0.3) is 0 Å². The minimum atomic E-state index is 0.796. The fraction of sp³-hybridized carbons (Fsp3) is 0.625. The van der Waals surface area contributed by atoms with Crippen molar-refractivity contribution in [3.63, 3.8) is 0 Å². The molecule has 0 unspecified atom stereocenters. The Morgan fingerprint density at radius 3 is 2.33 bits per heavy atom.